The minimum Gasteiger partial charge on any atom is -0.508 e. The molecule has 0 radical (unpaired) electrons. The first-order valence-electron chi connectivity index (χ1n) is 5.41. The second kappa shape index (κ2) is 6.85. The highest BCUT2D eigenvalue weighted by Gasteiger charge is 2.00. The highest BCUT2D eigenvalue weighted by molar-refractivity contribution is 5.75. The summed E-state index contributed by atoms with van der Waals surface area (Å²) in [7, 11) is 1.87. The summed E-state index contributed by atoms with van der Waals surface area (Å²) in [6.45, 7) is 1.37. The lowest BCUT2D eigenvalue weighted by Crippen LogP contribution is -2.23. The van der Waals surface area contributed by atoms with E-state index in [0.717, 1.165) is 18.5 Å². The number of aromatic hydroxyl groups is 1. The van der Waals surface area contributed by atoms with Crippen LogP contribution in [0.2, 0.25) is 0 Å². The van der Waals surface area contributed by atoms with Gasteiger partial charge in [0.15, 0.2) is 0 Å². The molecule has 0 aliphatic carbocycles. The molecule has 88 valence electrons. The largest absolute Gasteiger partial charge is 0.508 e. The first kappa shape index (κ1) is 12.5. The molecule has 4 nitrogen and oxygen atoms in total. The van der Waals surface area contributed by atoms with E-state index in [9.17, 15) is 4.79 Å². The number of nitrogens with one attached hydrogen (secondary N) is 2. The highest BCUT2D eigenvalue weighted by Crippen LogP contribution is 2.09. The quantitative estimate of drug-likeness (QED) is 0.629. The molecular weight excluding hydrogens is 204 g/mol. The van der Waals surface area contributed by atoms with E-state index in [4.69, 9.17) is 5.11 Å². The van der Waals surface area contributed by atoms with Crippen molar-refractivity contribution >= 4 is 5.91 Å². The van der Waals surface area contributed by atoms with E-state index in [1.165, 1.54) is 0 Å². The second-order valence-electron chi connectivity index (χ2n) is 3.65. The second-order valence-corrected chi connectivity index (χ2v) is 3.65. The Morgan fingerprint density at radius 1 is 1.31 bits per heavy atom. The van der Waals surface area contributed by atoms with Crippen LogP contribution in [0, 0.1) is 0 Å². The number of rotatable bonds is 6. The highest BCUT2D eigenvalue weighted by atomic mass is 16.3. The molecule has 3 N–H and O–H groups in total. The summed E-state index contributed by atoms with van der Waals surface area (Å²) < 4.78 is 0. The van der Waals surface area contributed by atoms with Crippen LogP contribution in [0.15, 0.2) is 24.3 Å². The molecule has 0 aromatic heterocycles. The fourth-order valence-corrected chi connectivity index (χ4v) is 1.33. The predicted octanol–water partition coefficient (Wildman–Crippen LogP) is 1.01. The summed E-state index contributed by atoms with van der Waals surface area (Å²) in [5.41, 5.74) is 0.986. The monoisotopic (exact) mass is 222 g/mol. The lowest BCUT2D eigenvalue weighted by atomic mass is 10.2. The number of benzene rings is 1. The van der Waals surface area contributed by atoms with Gasteiger partial charge >= 0.3 is 0 Å². The average molecular weight is 222 g/mol. The summed E-state index contributed by atoms with van der Waals surface area (Å²) in [4.78, 5) is 11.4. The molecule has 1 rings (SSSR count). The number of phenols is 1. The smallest absolute Gasteiger partial charge is 0.220 e. The fourth-order valence-electron chi connectivity index (χ4n) is 1.33. The molecule has 16 heavy (non-hydrogen) atoms. The number of phenolic OH excluding ortho intramolecular Hbond substituents is 1. The maximum atomic E-state index is 11.4. The number of carbonyl (C=O) groups excluding carboxylic acids is 1. The van der Waals surface area contributed by atoms with E-state index in [1.54, 1.807) is 24.3 Å². The van der Waals surface area contributed by atoms with E-state index >= 15 is 0 Å². The molecule has 0 saturated carbocycles. The number of carbonyl (C=O) groups is 1. The lowest BCUT2D eigenvalue weighted by Gasteiger charge is -2.05. The van der Waals surface area contributed by atoms with Gasteiger partial charge in [0.25, 0.3) is 0 Å². The minimum absolute atomic E-state index is 0.0586. The Bertz CT molecular complexity index is 322. The van der Waals surface area contributed by atoms with Crippen molar-refractivity contribution in [3.63, 3.8) is 0 Å². The Kier molecular flexibility index (Phi) is 5.36. The van der Waals surface area contributed by atoms with Crippen LogP contribution in [-0.4, -0.2) is 24.6 Å². The van der Waals surface area contributed by atoms with Crippen LogP contribution >= 0.6 is 0 Å². The van der Waals surface area contributed by atoms with Crippen LogP contribution in [-0.2, 0) is 11.3 Å². The maximum Gasteiger partial charge on any atom is 0.220 e. The van der Waals surface area contributed by atoms with Crippen LogP contribution in [0.4, 0.5) is 0 Å². The van der Waals surface area contributed by atoms with Gasteiger partial charge in [0, 0.05) is 13.0 Å². The Balaban J connectivity index is 2.23. The van der Waals surface area contributed by atoms with Crippen molar-refractivity contribution in [1.82, 2.24) is 10.6 Å². The van der Waals surface area contributed by atoms with Crippen molar-refractivity contribution in [2.24, 2.45) is 0 Å². The van der Waals surface area contributed by atoms with E-state index in [-0.39, 0.29) is 11.7 Å². The van der Waals surface area contributed by atoms with Crippen molar-refractivity contribution in [3.05, 3.63) is 29.8 Å². The van der Waals surface area contributed by atoms with Crippen LogP contribution < -0.4 is 10.6 Å². The van der Waals surface area contributed by atoms with Crippen molar-refractivity contribution < 1.29 is 9.90 Å². The van der Waals surface area contributed by atoms with Gasteiger partial charge in [-0.25, -0.2) is 0 Å². The average Bonchev–Trinajstić information content (AvgIpc) is 2.29. The Morgan fingerprint density at radius 2 is 2.00 bits per heavy atom. The first-order valence-corrected chi connectivity index (χ1v) is 5.41. The molecule has 0 spiro atoms. The summed E-state index contributed by atoms with van der Waals surface area (Å²) >= 11 is 0. The zero-order valence-corrected chi connectivity index (χ0v) is 9.49. The van der Waals surface area contributed by atoms with E-state index in [0.29, 0.717) is 13.0 Å². The zero-order chi connectivity index (χ0) is 11.8. The number of amides is 1. The van der Waals surface area contributed by atoms with E-state index in [2.05, 4.69) is 10.6 Å². The SMILES string of the molecule is CNCCCC(=O)NCc1ccc(O)cc1. The number of hydrogen-bond acceptors (Lipinski definition) is 3. The third kappa shape index (κ3) is 4.79. The summed E-state index contributed by atoms with van der Waals surface area (Å²) in [5, 5.41) is 14.9. The van der Waals surface area contributed by atoms with E-state index < -0.39 is 0 Å². The van der Waals surface area contributed by atoms with Crippen molar-refractivity contribution in [3.8, 4) is 5.75 Å². The van der Waals surface area contributed by atoms with Crippen LogP contribution in [0.5, 0.6) is 5.75 Å². The topological polar surface area (TPSA) is 61.4 Å². The summed E-state index contributed by atoms with van der Waals surface area (Å²) in [5.74, 6) is 0.299. The first-order chi connectivity index (χ1) is 7.72. The van der Waals surface area contributed by atoms with Gasteiger partial charge in [-0.1, -0.05) is 12.1 Å². The van der Waals surface area contributed by atoms with E-state index in [1.807, 2.05) is 7.05 Å². The van der Waals surface area contributed by atoms with Crippen molar-refractivity contribution in [2.75, 3.05) is 13.6 Å². The van der Waals surface area contributed by atoms with Gasteiger partial charge in [-0.2, -0.15) is 0 Å². The fraction of sp³-hybridized carbons (Fsp3) is 0.417. The van der Waals surface area contributed by atoms with Crippen molar-refractivity contribution in [1.29, 1.82) is 0 Å². The Labute approximate surface area is 95.7 Å². The third-order valence-corrected chi connectivity index (χ3v) is 2.26. The van der Waals surface area contributed by atoms with Gasteiger partial charge in [0.1, 0.15) is 5.75 Å². The van der Waals surface area contributed by atoms with Gasteiger partial charge in [-0.05, 0) is 37.7 Å². The summed E-state index contributed by atoms with van der Waals surface area (Å²) in [6.07, 6.45) is 1.39. The van der Waals surface area contributed by atoms with Crippen molar-refractivity contribution in [2.45, 2.75) is 19.4 Å². The van der Waals surface area contributed by atoms with Gasteiger partial charge in [-0.3, -0.25) is 4.79 Å². The molecule has 1 aromatic carbocycles. The standard InChI is InChI=1S/C12H18N2O2/c1-13-8-2-3-12(16)14-9-10-4-6-11(15)7-5-10/h4-7,13,15H,2-3,8-9H2,1H3,(H,14,16). The molecule has 0 heterocycles. The van der Waals surface area contributed by atoms with Gasteiger partial charge in [0.05, 0.1) is 0 Å². The number of hydrogen-bond donors (Lipinski definition) is 3. The van der Waals surface area contributed by atoms with Crippen LogP contribution in [0.3, 0.4) is 0 Å². The molecule has 0 saturated heterocycles. The summed E-state index contributed by atoms with van der Waals surface area (Å²) in [6, 6.07) is 6.82. The molecule has 0 fully saturated rings. The molecule has 4 heteroatoms. The molecule has 0 unspecified atom stereocenters. The molecule has 1 aromatic rings. The van der Waals surface area contributed by atoms with Crippen LogP contribution in [0.1, 0.15) is 18.4 Å². The van der Waals surface area contributed by atoms with Gasteiger partial charge in [0.2, 0.25) is 5.91 Å². The molecule has 0 atom stereocenters. The third-order valence-electron chi connectivity index (χ3n) is 2.26. The molecule has 0 aliphatic rings. The van der Waals surface area contributed by atoms with Gasteiger partial charge in [-0.15, -0.1) is 0 Å². The zero-order valence-electron chi connectivity index (χ0n) is 9.49. The Morgan fingerprint density at radius 3 is 2.62 bits per heavy atom. The molecule has 0 bridgehead atoms. The maximum absolute atomic E-state index is 11.4. The normalized spacial score (nSPS) is 10.1. The van der Waals surface area contributed by atoms with Crippen LogP contribution in [0.25, 0.3) is 0 Å². The Hall–Kier alpha value is -1.55. The minimum atomic E-state index is 0.0586. The predicted molar refractivity (Wildman–Crippen MR) is 63.1 cm³/mol. The lowest BCUT2D eigenvalue weighted by molar-refractivity contribution is -0.121. The molecule has 0 aliphatic heterocycles. The van der Waals surface area contributed by atoms with Gasteiger partial charge < -0.3 is 15.7 Å². The molecule has 1 amide bonds. The molecular formula is C12H18N2O2.